The molecule has 1 aromatic carbocycles. The minimum Gasteiger partial charge on any atom is -0.450 e. The van der Waals surface area contributed by atoms with E-state index in [2.05, 4.69) is 10.6 Å². The van der Waals surface area contributed by atoms with Crippen molar-refractivity contribution in [3.8, 4) is 0 Å². The first kappa shape index (κ1) is 21.8. The fourth-order valence-electron chi connectivity index (χ4n) is 2.95. The lowest BCUT2D eigenvalue weighted by atomic mass is 9.98. The number of anilines is 1. The Labute approximate surface area is 162 Å². The molecule has 2 N–H and O–H groups in total. The van der Waals surface area contributed by atoms with Crippen LogP contribution in [-0.4, -0.2) is 43.3 Å². The highest BCUT2D eigenvalue weighted by Crippen LogP contribution is 2.30. The highest BCUT2D eigenvalue weighted by molar-refractivity contribution is 5.89. The Balaban J connectivity index is 1.79. The van der Waals surface area contributed by atoms with Gasteiger partial charge in [0.1, 0.15) is 0 Å². The summed E-state index contributed by atoms with van der Waals surface area (Å²) in [4.78, 5) is 25.6. The number of urea groups is 1. The Morgan fingerprint density at radius 2 is 1.96 bits per heavy atom. The summed E-state index contributed by atoms with van der Waals surface area (Å²) in [5, 5.41) is 5.33. The molecule has 6 nitrogen and oxygen atoms in total. The average Bonchev–Trinajstić information content (AvgIpc) is 2.66. The maximum absolute atomic E-state index is 12.6. The topological polar surface area (TPSA) is 70.7 Å². The number of benzene rings is 1. The summed E-state index contributed by atoms with van der Waals surface area (Å²) < 4.78 is 42.8. The van der Waals surface area contributed by atoms with E-state index < -0.39 is 17.8 Å². The number of carbonyl (C=O) groups excluding carboxylic acids is 2. The lowest BCUT2D eigenvalue weighted by molar-refractivity contribution is -0.137. The van der Waals surface area contributed by atoms with Crippen LogP contribution in [0.1, 0.15) is 38.2 Å². The molecule has 1 aliphatic heterocycles. The number of amides is 3. The van der Waals surface area contributed by atoms with E-state index in [9.17, 15) is 22.8 Å². The summed E-state index contributed by atoms with van der Waals surface area (Å²) in [5.41, 5.74) is -0.460. The van der Waals surface area contributed by atoms with Crippen molar-refractivity contribution in [1.29, 1.82) is 0 Å². The predicted octanol–water partition coefficient (Wildman–Crippen LogP) is 4.48. The van der Waals surface area contributed by atoms with Crippen LogP contribution in [0.15, 0.2) is 24.3 Å². The van der Waals surface area contributed by atoms with E-state index in [-0.39, 0.29) is 11.9 Å². The summed E-state index contributed by atoms with van der Waals surface area (Å²) in [7, 11) is 0. The van der Waals surface area contributed by atoms with Gasteiger partial charge < -0.3 is 20.3 Å². The summed E-state index contributed by atoms with van der Waals surface area (Å²) in [5.74, 6) is 0.103. The molecular formula is C19H26F3N3O3. The van der Waals surface area contributed by atoms with Crippen molar-refractivity contribution in [2.24, 2.45) is 5.92 Å². The molecule has 1 saturated heterocycles. The zero-order valence-electron chi connectivity index (χ0n) is 15.8. The van der Waals surface area contributed by atoms with Crippen LogP contribution in [0.25, 0.3) is 0 Å². The van der Waals surface area contributed by atoms with Gasteiger partial charge in [-0.2, -0.15) is 13.2 Å². The molecule has 156 valence electrons. The number of ether oxygens (including phenoxy) is 1. The van der Waals surface area contributed by atoms with E-state index in [1.54, 1.807) is 4.90 Å². The molecule has 0 radical (unpaired) electrons. The molecule has 1 fully saturated rings. The number of carbonyl (C=O) groups is 2. The number of hydrogen-bond acceptors (Lipinski definition) is 3. The Kier molecular flexibility index (Phi) is 7.95. The molecule has 2 rings (SSSR count). The van der Waals surface area contributed by atoms with E-state index >= 15 is 0 Å². The zero-order valence-corrected chi connectivity index (χ0v) is 15.8. The monoisotopic (exact) mass is 401 g/mol. The molecule has 3 amide bonds. The first-order valence-electron chi connectivity index (χ1n) is 9.43. The summed E-state index contributed by atoms with van der Waals surface area (Å²) in [6.45, 7) is 3.82. The van der Waals surface area contributed by atoms with E-state index in [1.807, 2.05) is 6.92 Å². The number of likely N-dealkylation sites (tertiary alicyclic amines) is 1. The lowest BCUT2D eigenvalue weighted by Crippen LogP contribution is -2.45. The Bertz CT molecular complexity index is 650. The minimum atomic E-state index is -4.41. The SMILES string of the molecule is CCCCOC(=O)NCC1CCCN(C(=O)Nc2ccc(C(F)(F)F)cc2)C1. The van der Waals surface area contributed by atoms with Crippen molar-refractivity contribution >= 4 is 17.8 Å². The van der Waals surface area contributed by atoms with E-state index in [1.165, 1.54) is 12.1 Å². The molecule has 1 heterocycles. The molecule has 0 saturated carbocycles. The fraction of sp³-hybridized carbons (Fsp3) is 0.579. The predicted molar refractivity (Wildman–Crippen MR) is 99.0 cm³/mol. The van der Waals surface area contributed by atoms with Gasteiger partial charge in [0, 0.05) is 25.3 Å². The van der Waals surface area contributed by atoms with Gasteiger partial charge in [0.15, 0.2) is 0 Å². The van der Waals surface area contributed by atoms with Gasteiger partial charge in [-0.05, 0) is 49.4 Å². The maximum atomic E-state index is 12.6. The molecule has 1 aromatic rings. The number of alkyl halides is 3. The average molecular weight is 401 g/mol. The Hall–Kier alpha value is -2.45. The van der Waals surface area contributed by atoms with Gasteiger partial charge in [-0.1, -0.05) is 13.3 Å². The quantitative estimate of drug-likeness (QED) is 0.691. The minimum absolute atomic E-state index is 0.103. The lowest BCUT2D eigenvalue weighted by Gasteiger charge is -2.32. The molecule has 0 aliphatic carbocycles. The van der Waals surface area contributed by atoms with Crippen molar-refractivity contribution < 1.29 is 27.5 Å². The third-order valence-corrected chi connectivity index (χ3v) is 4.54. The van der Waals surface area contributed by atoms with E-state index in [0.717, 1.165) is 37.8 Å². The highest BCUT2D eigenvalue weighted by atomic mass is 19.4. The van der Waals surface area contributed by atoms with Crippen molar-refractivity contribution in [2.75, 3.05) is 31.6 Å². The summed E-state index contributed by atoms with van der Waals surface area (Å²) >= 11 is 0. The number of nitrogens with zero attached hydrogens (tertiary/aromatic N) is 1. The normalized spacial score (nSPS) is 17.1. The van der Waals surface area contributed by atoms with Crippen LogP contribution in [0.3, 0.4) is 0 Å². The van der Waals surface area contributed by atoms with Gasteiger partial charge in [-0.15, -0.1) is 0 Å². The second-order valence-corrected chi connectivity index (χ2v) is 6.83. The number of alkyl carbamates (subject to hydrolysis) is 1. The van der Waals surface area contributed by atoms with Gasteiger partial charge in [0.2, 0.25) is 0 Å². The first-order valence-corrected chi connectivity index (χ1v) is 9.43. The largest absolute Gasteiger partial charge is 0.450 e. The standard InChI is InChI=1S/C19H26F3N3O3/c1-2-3-11-28-18(27)23-12-14-5-4-10-25(13-14)17(26)24-16-8-6-15(7-9-16)19(20,21)22/h6-9,14H,2-5,10-13H2,1H3,(H,23,27)(H,24,26). The molecule has 1 atom stereocenters. The van der Waals surface area contributed by atoms with Crippen LogP contribution < -0.4 is 10.6 Å². The van der Waals surface area contributed by atoms with Gasteiger partial charge >= 0.3 is 18.3 Å². The third kappa shape index (κ3) is 6.94. The second kappa shape index (κ2) is 10.2. The molecule has 1 aliphatic rings. The fourth-order valence-corrected chi connectivity index (χ4v) is 2.95. The first-order chi connectivity index (χ1) is 13.3. The number of rotatable bonds is 6. The van der Waals surface area contributed by atoms with Gasteiger partial charge in [0.05, 0.1) is 12.2 Å². The number of halogens is 3. The summed E-state index contributed by atoms with van der Waals surface area (Å²) in [6, 6.07) is 3.97. The molecule has 28 heavy (non-hydrogen) atoms. The maximum Gasteiger partial charge on any atom is 0.416 e. The second-order valence-electron chi connectivity index (χ2n) is 6.83. The van der Waals surface area contributed by atoms with Crippen LogP contribution >= 0.6 is 0 Å². The number of unbranched alkanes of at least 4 members (excludes halogenated alkanes) is 1. The van der Waals surface area contributed by atoms with Crippen molar-refractivity contribution in [3.63, 3.8) is 0 Å². The van der Waals surface area contributed by atoms with Crippen molar-refractivity contribution in [1.82, 2.24) is 10.2 Å². The van der Waals surface area contributed by atoms with Gasteiger partial charge in [-0.25, -0.2) is 9.59 Å². The highest BCUT2D eigenvalue weighted by Gasteiger charge is 2.30. The number of nitrogens with one attached hydrogen (secondary N) is 2. The third-order valence-electron chi connectivity index (χ3n) is 4.54. The van der Waals surface area contributed by atoms with Crippen LogP contribution in [0.2, 0.25) is 0 Å². The van der Waals surface area contributed by atoms with Gasteiger partial charge in [-0.3, -0.25) is 0 Å². The van der Waals surface area contributed by atoms with E-state index in [0.29, 0.717) is 31.9 Å². The zero-order chi connectivity index (χ0) is 20.6. The van der Waals surface area contributed by atoms with Crippen LogP contribution in [0.5, 0.6) is 0 Å². The molecular weight excluding hydrogens is 375 g/mol. The Morgan fingerprint density at radius 1 is 1.25 bits per heavy atom. The number of hydrogen-bond donors (Lipinski definition) is 2. The van der Waals surface area contributed by atoms with Crippen molar-refractivity contribution in [3.05, 3.63) is 29.8 Å². The van der Waals surface area contributed by atoms with Crippen molar-refractivity contribution in [2.45, 2.75) is 38.8 Å². The van der Waals surface area contributed by atoms with Crippen LogP contribution in [-0.2, 0) is 10.9 Å². The smallest absolute Gasteiger partial charge is 0.416 e. The molecule has 0 bridgehead atoms. The molecule has 9 heteroatoms. The summed E-state index contributed by atoms with van der Waals surface area (Å²) in [6.07, 6.45) is -1.45. The Morgan fingerprint density at radius 3 is 2.61 bits per heavy atom. The van der Waals surface area contributed by atoms with Gasteiger partial charge in [0.25, 0.3) is 0 Å². The van der Waals surface area contributed by atoms with Crippen LogP contribution in [0.4, 0.5) is 28.4 Å². The van der Waals surface area contributed by atoms with Crippen LogP contribution in [0, 0.1) is 5.92 Å². The number of piperidine rings is 1. The van der Waals surface area contributed by atoms with E-state index in [4.69, 9.17) is 4.74 Å². The molecule has 0 aromatic heterocycles. The molecule has 1 unspecified atom stereocenters. The molecule has 0 spiro atoms.